The van der Waals surface area contributed by atoms with Crippen LogP contribution in [-0.4, -0.2) is 37.3 Å². The van der Waals surface area contributed by atoms with Crippen LogP contribution in [0.15, 0.2) is 60.7 Å². The summed E-state index contributed by atoms with van der Waals surface area (Å²) >= 11 is 0. The molecule has 0 radical (unpaired) electrons. The number of allylic oxidation sites excluding steroid dienone is 8. The minimum absolute atomic E-state index is 0. The third-order valence-corrected chi connectivity index (χ3v) is 5.39. The van der Waals surface area contributed by atoms with E-state index in [2.05, 4.69) is 24.3 Å². The van der Waals surface area contributed by atoms with E-state index in [1.165, 1.54) is 12.1 Å². The third-order valence-electron chi connectivity index (χ3n) is 5.39. The maximum Gasteiger partial charge on any atom is 4.00 e. The number of carbonyl (C=O) groups is 2. The van der Waals surface area contributed by atoms with Gasteiger partial charge in [-0.15, -0.1) is 48.2 Å². The molecule has 0 unspecified atom stereocenters. The van der Waals surface area contributed by atoms with Gasteiger partial charge in [0, 0.05) is 36.4 Å². The largest absolute Gasteiger partial charge is 4.00 e. The van der Waals surface area contributed by atoms with Crippen molar-refractivity contribution in [1.82, 2.24) is 10.6 Å². The summed E-state index contributed by atoms with van der Waals surface area (Å²) in [5.74, 6) is -7.51. The van der Waals surface area contributed by atoms with Crippen molar-refractivity contribution in [2.45, 2.75) is 50.9 Å². The summed E-state index contributed by atoms with van der Waals surface area (Å²) in [6.45, 7) is -0.482. The Bertz CT molecular complexity index is 1250. The molecule has 0 bridgehead atoms. The van der Waals surface area contributed by atoms with E-state index in [4.69, 9.17) is 0 Å². The van der Waals surface area contributed by atoms with Gasteiger partial charge in [0.2, 0.25) is 0 Å². The first kappa shape index (κ1) is 43.4. The maximum absolute atomic E-state index is 13.1. The fourth-order valence-corrected chi connectivity index (χ4v) is 3.18. The zero-order valence-electron chi connectivity index (χ0n) is 24.5. The first-order chi connectivity index (χ1) is 21.6. The van der Waals surface area contributed by atoms with Crippen LogP contribution in [-0.2, 0) is 44.1 Å². The zero-order valence-corrected chi connectivity index (χ0v) is 26.1. The predicted molar refractivity (Wildman–Crippen MR) is 148 cm³/mol. The fraction of sp³-hybridized carbons (Fsp3) is 0.312. The Kier molecular flexibility index (Phi) is 21.0. The first-order valence-electron chi connectivity index (χ1n) is 13.5. The van der Waals surface area contributed by atoms with Crippen molar-refractivity contribution in [2.75, 3.05) is 13.1 Å². The number of hydrogen-bond acceptors (Lipinski definition) is 2. The van der Waals surface area contributed by atoms with Crippen molar-refractivity contribution in [1.29, 1.82) is 0 Å². The van der Waals surface area contributed by atoms with Gasteiger partial charge >= 0.3 is 45.9 Å². The van der Waals surface area contributed by atoms with E-state index >= 15 is 0 Å². The van der Waals surface area contributed by atoms with Gasteiger partial charge in [-0.25, -0.2) is 41.9 Å². The van der Waals surface area contributed by atoms with Crippen LogP contribution in [0.4, 0.5) is 43.9 Å². The van der Waals surface area contributed by atoms with E-state index in [0.29, 0.717) is 0 Å². The molecule has 0 spiro atoms. The normalized spacial score (nSPS) is 12.5. The Morgan fingerprint density at radius 3 is 1.23 bits per heavy atom. The van der Waals surface area contributed by atoms with Gasteiger partial charge in [0.15, 0.2) is 0 Å². The standard InChI is InChI=1S/2C11H9F5NO.2C5H5.Ti/c2*12-8-4-3-7(9(13)6-8)2-1-5-17-10(18)11(14,15)16;2*1-2-4-5-3-1;/h2*3-4H,1-2,5H2,(H,17,18);2*1-3H,4H2;/q4*-1;+4. The number of carbonyl (C=O) groups excluding carboxylic acids is 2. The van der Waals surface area contributed by atoms with Crippen LogP contribution in [0, 0.1) is 47.6 Å². The van der Waals surface area contributed by atoms with Crippen LogP contribution in [0.1, 0.15) is 36.8 Å². The number of amides is 2. The monoisotopic (exact) mass is 710 g/mol. The van der Waals surface area contributed by atoms with E-state index in [1.807, 2.05) is 36.4 Å². The van der Waals surface area contributed by atoms with E-state index in [9.17, 15) is 53.5 Å². The van der Waals surface area contributed by atoms with Crippen LogP contribution in [0.25, 0.3) is 0 Å². The Morgan fingerprint density at radius 2 is 1.00 bits per heavy atom. The quantitative estimate of drug-likeness (QED) is 0.130. The van der Waals surface area contributed by atoms with Crippen molar-refractivity contribution in [2.24, 2.45) is 0 Å². The number of halogens is 10. The molecule has 15 heteroatoms. The minimum atomic E-state index is -4.92. The summed E-state index contributed by atoms with van der Waals surface area (Å²) < 4.78 is 122. The van der Waals surface area contributed by atoms with Crippen LogP contribution in [0.3, 0.4) is 0 Å². The molecule has 0 saturated heterocycles. The van der Waals surface area contributed by atoms with Gasteiger partial charge in [-0.2, -0.15) is 50.6 Å². The Labute approximate surface area is 280 Å². The van der Waals surface area contributed by atoms with Crippen molar-refractivity contribution in [3.8, 4) is 0 Å². The average molecular weight is 710 g/mol. The van der Waals surface area contributed by atoms with Crippen molar-refractivity contribution >= 4 is 11.8 Å². The third kappa shape index (κ3) is 20.3. The number of aryl methyl sites for hydroxylation is 2. The van der Waals surface area contributed by atoms with Crippen molar-refractivity contribution in [3.63, 3.8) is 0 Å². The second-order valence-corrected chi connectivity index (χ2v) is 9.01. The van der Waals surface area contributed by atoms with E-state index in [1.54, 1.807) is 10.6 Å². The predicted octanol–water partition coefficient (Wildman–Crippen LogP) is 7.36. The van der Waals surface area contributed by atoms with Gasteiger partial charge < -0.3 is 10.6 Å². The molecule has 2 aromatic rings. The zero-order chi connectivity index (χ0) is 34.6. The molecule has 47 heavy (non-hydrogen) atoms. The number of hydrogen-bond donors (Lipinski definition) is 2. The first-order valence-corrected chi connectivity index (χ1v) is 13.5. The molecule has 0 aliphatic heterocycles. The molecule has 0 fully saturated rings. The summed E-state index contributed by atoms with van der Waals surface area (Å²) in [6.07, 6.45) is 10.5. The van der Waals surface area contributed by atoms with Crippen molar-refractivity contribution < 1.29 is 75.2 Å². The molecule has 2 aliphatic rings. The molecule has 0 atom stereocenters. The van der Waals surface area contributed by atoms with Gasteiger partial charge in [0.25, 0.3) is 0 Å². The summed E-state index contributed by atoms with van der Waals surface area (Å²) in [7, 11) is 0. The van der Waals surface area contributed by atoms with Gasteiger partial charge in [0.05, 0.1) is 0 Å². The Balaban J connectivity index is 0.000000681. The minimum Gasteiger partial charge on any atom is -0.348 e. The van der Waals surface area contributed by atoms with Gasteiger partial charge in [-0.3, -0.25) is 21.7 Å². The topological polar surface area (TPSA) is 58.2 Å². The maximum atomic E-state index is 13.1. The number of rotatable bonds is 8. The molecule has 2 aromatic carbocycles. The number of benzene rings is 2. The van der Waals surface area contributed by atoms with Crippen molar-refractivity contribution in [3.05, 3.63) is 119 Å². The van der Waals surface area contributed by atoms with Crippen LogP contribution >= 0.6 is 0 Å². The number of alkyl halides is 6. The molecule has 4 nitrogen and oxygen atoms in total. The smallest absolute Gasteiger partial charge is 0.348 e. The van der Waals surface area contributed by atoms with Crippen LogP contribution in [0.2, 0.25) is 0 Å². The Hall–Kier alpha value is -3.65. The van der Waals surface area contributed by atoms with E-state index in [0.717, 1.165) is 25.0 Å². The Morgan fingerprint density at radius 1 is 0.638 bits per heavy atom. The van der Waals surface area contributed by atoms with Gasteiger partial charge in [-0.1, -0.05) is 12.8 Å². The molecule has 0 saturated carbocycles. The molecular weight excluding hydrogens is 682 g/mol. The molecule has 2 amide bonds. The fourth-order valence-electron chi connectivity index (χ4n) is 3.18. The summed E-state index contributed by atoms with van der Waals surface area (Å²) in [4.78, 5) is 20.8. The molecule has 4 rings (SSSR count). The second-order valence-electron chi connectivity index (χ2n) is 9.01. The molecule has 252 valence electrons. The molecule has 2 aliphatic carbocycles. The number of nitrogens with one attached hydrogen (secondary N) is 2. The van der Waals surface area contributed by atoms with Gasteiger partial charge in [0.1, 0.15) is 0 Å². The molecule has 0 heterocycles. The second kappa shape index (κ2) is 22.8. The molecule has 2 N–H and O–H groups in total. The summed E-state index contributed by atoms with van der Waals surface area (Å²) in [5.41, 5.74) is 0.273. The SMILES string of the molecule is O=C(NCCCc1ccc(F)[c-]c1F)C(F)(F)F.O=C(NCCCc1ccc(F)[c-]c1F)C(F)(F)F.[C-]1=CC=CC1.[C-]1=CC=CC1.[Ti+4]. The molecule has 0 aromatic heterocycles. The summed E-state index contributed by atoms with van der Waals surface area (Å²) in [5, 5.41) is 3.31. The van der Waals surface area contributed by atoms with E-state index in [-0.39, 0.29) is 71.6 Å². The average Bonchev–Trinajstić information content (AvgIpc) is 3.74. The van der Waals surface area contributed by atoms with Crippen LogP contribution in [0.5, 0.6) is 0 Å². The summed E-state index contributed by atoms with van der Waals surface area (Å²) in [6, 6.07) is 8.01. The molecular formula is C32H28F10N2O2Ti. The van der Waals surface area contributed by atoms with E-state index < -0.39 is 47.4 Å². The van der Waals surface area contributed by atoms with Gasteiger partial charge in [-0.05, 0) is 12.8 Å². The van der Waals surface area contributed by atoms with Crippen LogP contribution < -0.4 is 10.6 Å².